The predicted molar refractivity (Wildman–Crippen MR) is 70.1 cm³/mol. The van der Waals surface area contributed by atoms with Gasteiger partial charge in [-0.15, -0.1) is 0 Å². The SMILES string of the molecule is CCC(C)(C)NCc1cccc(/C(N)=N/O)c1F. The van der Waals surface area contributed by atoms with Crippen LogP contribution >= 0.6 is 0 Å². The van der Waals surface area contributed by atoms with Gasteiger partial charge < -0.3 is 16.3 Å². The molecule has 0 fully saturated rings. The molecule has 0 saturated carbocycles. The molecule has 18 heavy (non-hydrogen) atoms. The fraction of sp³-hybridized carbons (Fsp3) is 0.462. The number of halogens is 1. The molecule has 5 heteroatoms. The summed E-state index contributed by atoms with van der Waals surface area (Å²) in [6.07, 6.45) is 0.939. The van der Waals surface area contributed by atoms with E-state index in [4.69, 9.17) is 10.9 Å². The highest BCUT2D eigenvalue weighted by atomic mass is 19.1. The second-order valence-electron chi connectivity index (χ2n) is 4.85. The van der Waals surface area contributed by atoms with Crippen molar-refractivity contribution in [1.29, 1.82) is 0 Å². The molecule has 0 aromatic heterocycles. The van der Waals surface area contributed by atoms with Gasteiger partial charge in [-0.25, -0.2) is 4.39 Å². The number of hydrogen-bond acceptors (Lipinski definition) is 3. The number of nitrogens with one attached hydrogen (secondary N) is 1. The first-order valence-corrected chi connectivity index (χ1v) is 5.91. The van der Waals surface area contributed by atoms with Crippen molar-refractivity contribution in [2.45, 2.75) is 39.3 Å². The lowest BCUT2D eigenvalue weighted by Gasteiger charge is -2.24. The van der Waals surface area contributed by atoms with E-state index in [9.17, 15) is 4.39 Å². The molecule has 0 bridgehead atoms. The molecule has 0 heterocycles. The highest BCUT2D eigenvalue weighted by Gasteiger charge is 2.16. The summed E-state index contributed by atoms with van der Waals surface area (Å²) < 4.78 is 14.1. The van der Waals surface area contributed by atoms with E-state index in [1.165, 1.54) is 6.07 Å². The molecule has 0 unspecified atom stereocenters. The first-order valence-electron chi connectivity index (χ1n) is 5.91. The van der Waals surface area contributed by atoms with Gasteiger partial charge in [-0.1, -0.05) is 24.2 Å². The molecule has 0 spiro atoms. The van der Waals surface area contributed by atoms with Gasteiger partial charge in [0.05, 0.1) is 5.56 Å². The molecular weight excluding hydrogens is 233 g/mol. The number of oxime groups is 1. The van der Waals surface area contributed by atoms with Crippen molar-refractivity contribution < 1.29 is 9.60 Å². The monoisotopic (exact) mass is 253 g/mol. The largest absolute Gasteiger partial charge is 0.409 e. The molecule has 0 saturated heterocycles. The molecule has 0 radical (unpaired) electrons. The average molecular weight is 253 g/mol. The van der Waals surface area contributed by atoms with Crippen LogP contribution in [0, 0.1) is 5.82 Å². The van der Waals surface area contributed by atoms with Gasteiger partial charge in [0, 0.05) is 17.6 Å². The molecule has 0 aliphatic carbocycles. The van der Waals surface area contributed by atoms with Crippen LogP contribution < -0.4 is 11.1 Å². The van der Waals surface area contributed by atoms with E-state index in [0.29, 0.717) is 12.1 Å². The van der Waals surface area contributed by atoms with E-state index >= 15 is 0 Å². The van der Waals surface area contributed by atoms with Crippen LogP contribution in [0.2, 0.25) is 0 Å². The van der Waals surface area contributed by atoms with Crippen LogP contribution in [0.4, 0.5) is 4.39 Å². The zero-order chi connectivity index (χ0) is 13.8. The van der Waals surface area contributed by atoms with Gasteiger partial charge in [-0.2, -0.15) is 0 Å². The first kappa shape index (κ1) is 14.4. The lowest BCUT2D eigenvalue weighted by atomic mass is 10.0. The molecule has 1 aromatic carbocycles. The van der Waals surface area contributed by atoms with Crippen molar-refractivity contribution in [3.63, 3.8) is 0 Å². The molecule has 0 amide bonds. The Labute approximate surface area is 107 Å². The first-order chi connectivity index (χ1) is 8.41. The van der Waals surface area contributed by atoms with Gasteiger partial charge in [-0.3, -0.25) is 0 Å². The number of nitrogens with zero attached hydrogens (tertiary/aromatic N) is 1. The summed E-state index contributed by atoms with van der Waals surface area (Å²) in [5.41, 5.74) is 5.97. The molecule has 1 rings (SSSR count). The number of hydrogen-bond donors (Lipinski definition) is 3. The minimum atomic E-state index is -0.452. The van der Waals surface area contributed by atoms with Crippen molar-refractivity contribution >= 4 is 5.84 Å². The van der Waals surface area contributed by atoms with Crippen LogP contribution in [-0.2, 0) is 6.54 Å². The number of benzene rings is 1. The van der Waals surface area contributed by atoms with Crippen molar-refractivity contribution in [1.82, 2.24) is 5.32 Å². The molecule has 1 aromatic rings. The summed E-state index contributed by atoms with van der Waals surface area (Å²) in [4.78, 5) is 0. The van der Waals surface area contributed by atoms with Gasteiger partial charge >= 0.3 is 0 Å². The topological polar surface area (TPSA) is 70.6 Å². The maximum absolute atomic E-state index is 14.1. The fourth-order valence-electron chi connectivity index (χ4n) is 1.43. The van der Waals surface area contributed by atoms with E-state index in [0.717, 1.165) is 6.42 Å². The van der Waals surface area contributed by atoms with Crippen LogP contribution in [0.1, 0.15) is 38.3 Å². The Morgan fingerprint density at radius 1 is 1.50 bits per heavy atom. The highest BCUT2D eigenvalue weighted by molar-refractivity contribution is 5.97. The number of amidine groups is 1. The molecule has 0 atom stereocenters. The molecule has 0 aliphatic heterocycles. The van der Waals surface area contributed by atoms with Gasteiger partial charge in [0.2, 0.25) is 0 Å². The second kappa shape index (κ2) is 5.82. The third kappa shape index (κ3) is 3.43. The molecule has 100 valence electrons. The second-order valence-corrected chi connectivity index (χ2v) is 4.85. The minimum Gasteiger partial charge on any atom is -0.409 e. The maximum atomic E-state index is 14.1. The normalized spacial score (nSPS) is 12.8. The van der Waals surface area contributed by atoms with Crippen molar-refractivity contribution in [2.24, 2.45) is 10.9 Å². The van der Waals surface area contributed by atoms with Crippen LogP contribution in [0.15, 0.2) is 23.4 Å². The summed E-state index contributed by atoms with van der Waals surface area (Å²) in [7, 11) is 0. The Morgan fingerprint density at radius 2 is 2.17 bits per heavy atom. The summed E-state index contributed by atoms with van der Waals surface area (Å²) in [6, 6.07) is 4.85. The molecule has 0 aliphatic rings. The van der Waals surface area contributed by atoms with Crippen LogP contribution in [-0.4, -0.2) is 16.6 Å². The van der Waals surface area contributed by atoms with Gasteiger partial charge in [-0.05, 0) is 26.3 Å². The number of rotatable bonds is 5. The number of nitrogens with two attached hydrogens (primary N) is 1. The van der Waals surface area contributed by atoms with Crippen LogP contribution in [0.5, 0.6) is 0 Å². The Morgan fingerprint density at radius 3 is 2.72 bits per heavy atom. The third-order valence-electron chi connectivity index (χ3n) is 3.10. The van der Waals surface area contributed by atoms with E-state index in [2.05, 4.69) is 31.2 Å². The average Bonchev–Trinajstić information content (AvgIpc) is 2.36. The van der Waals surface area contributed by atoms with Crippen LogP contribution in [0.3, 0.4) is 0 Å². The maximum Gasteiger partial charge on any atom is 0.173 e. The lowest BCUT2D eigenvalue weighted by molar-refractivity contribution is 0.318. The third-order valence-corrected chi connectivity index (χ3v) is 3.10. The lowest BCUT2D eigenvalue weighted by Crippen LogP contribution is -2.38. The summed E-state index contributed by atoms with van der Waals surface area (Å²) in [6.45, 7) is 6.58. The van der Waals surface area contributed by atoms with Crippen molar-refractivity contribution in [3.8, 4) is 0 Å². The Balaban J connectivity index is 2.92. The van der Waals surface area contributed by atoms with Crippen molar-refractivity contribution in [2.75, 3.05) is 0 Å². The standard InChI is InChI=1S/C13H20FN3O/c1-4-13(2,3)16-8-9-6-5-7-10(11(9)14)12(15)17-18/h5-7,16,18H,4,8H2,1-3H3,(H2,15,17). The van der Waals surface area contributed by atoms with Crippen LogP contribution in [0.25, 0.3) is 0 Å². The zero-order valence-electron chi connectivity index (χ0n) is 11.0. The summed E-state index contributed by atoms with van der Waals surface area (Å²) in [5, 5.41) is 14.7. The predicted octanol–water partition coefficient (Wildman–Crippen LogP) is 2.20. The highest BCUT2D eigenvalue weighted by Crippen LogP contribution is 2.15. The van der Waals surface area contributed by atoms with Gasteiger partial charge in [0.15, 0.2) is 5.84 Å². The quantitative estimate of drug-likeness (QED) is 0.326. The smallest absolute Gasteiger partial charge is 0.173 e. The van der Waals surface area contributed by atoms with E-state index < -0.39 is 5.82 Å². The minimum absolute atomic E-state index is 0.0565. The summed E-state index contributed by atoms with van der Waals surface area (Å²) >= 11 is 0. The Hall–Kier alpha value is -1.62. The fourth-order valence-corrected chi connectivity index (χ4v) is 1.43. The molecular formula is C13H20FN3O. The Bertz CT molecular complexity index is 444. The zero-order valence-corrected chi connectivity index (χ0v) is 11.0. The van der Waals surface area contributed by atoms with E-state index in [-0.39, 0.29) is 16.9 Å². The molecule has 4 N–H and O–H groups in total. The van der Waals surface area contributed by atoms with E-state index in [1.807, 2.05) is 0 Å². The van der Waals surface area contributed by atoms with Gasteiger partial charge in [0.25, 0.3) is 0 Å². The summed E-state index contributed by atoms with van der Waals surface area (Å²) in [5.74, 6) is -0.670. The van der Waals surface area contributed by atoms with E-state index in [1.54, 1.807) is 12.1 Å². The van der Waals surface area contributed by atoms with Gasteiger partial charge in [0.1, 0.15) is 5.82 Å². The van der Waals surface area contributed by atoms with Crippen molar-refractivity contribution in [3.05, 3.63) is 35.1 Å². The Kier molecular flexibility index (Phi) is 4.67. The molecule has 4 nitrogen and oxygen atoms in total.